The molecule has 1 unspecified atom stereocenters. The number of aromatic nitrogens is 1. The average molecular weight is 359 g/mol. The number of hydrogen-bond acceptors (Lipinski definition) is 4. The molecule has 25 heavy (non-hydrogen) atoms. The molecule has 0 aliphatic heterocycles. The number of rotatable bonds is 6. The molecule has 0 bridgehead atoms. The quantitative estimate of drug-likeness (QED) is 0.741. The Balaban J connectivity index is 1.54. The standard InChI is InChI=1S/C18H19ClN4O2/c1-11(17(24)23-16-9-4-13(19)10-20-16)21-14-5-2-12(3-6-14)18(25)22-15-7-8-15/h2-6,9-11,15,21H,7-8H2,1H3,(H,22,25)(H,20,23,24). The van der Waals surface area contributed by atoms with Gasteiger partial charge in [-0.3, -0.25) is 9.59 Å². The SMILES string of the molecule is CC(Nc1ccc(C(=O)NC2CC2)cc1)C(=O)Nc1ccc(Cl)cn1. The lowest BCUT2D eigenvalue weighted by Gasteiger charge is -2.15. The van der Waals surface area contributed by atoms with Gasteiger partial charge in [0.05, 0.1) is 5.02 Å². The van der Waals surface area contributed by atoms with Gasteiger partial charge in [-0.25, -0.2) is 4.98 Å². The molecule has 1 aliphatic rings. The molecule has 0 radical (unpaired) electrons. The molecule has 1 aliphatic carbocycles. The van der Waals surface area contributed by atoms with E-state index in [4.69, 9.17) is 11.6 Å². The van der Waals surface area contributed by atoms with Gasteiger partial charge >= 0.3 is 0 Å². The van der Waals surface area contributed by atoms with Gasteiger partial charge in [-0.05, 0) is 56.2 Å². The highest BCUT2D eigenvalue weighted by molar-refractivity contribution is 6.30. The molecule has 1 atom stereocenters. The third-order valence-corrected chi connectivity index (χ3v) is 4.04. The lowest BCUT2D eigenvalue weighted by molar-refractivity contribution is -0.116. The highest BCUT2D eigenvalue weighted by atomic mass is 35.5. The topological polar surface area (TPSA) is 83.1 Å². The maximum absolute atomic E-state index is 12.2. The number of nitrogens with one attached hydrogen (secondary N) is 3. The van der Waals surface area contributed by atoms with Gasteiger partial charge in [-0.1, -0.05) is 11.6 Å². The van der Waals surface area contributed by atoms with E-state index in [9.17, 15) is 9.59 Å². The van der Waals surface area contributed by atoms with Crippen LogP contribution in [0.15, 0.2) is 42.6 Å². The molecule has 1 aromatic heterocycles. The second kappa shape index (κ2) is 7.53. The number of carbonyl (C=O) groups excluding carboxylic acids is 2. The van der Waals surface area contributed by atoms with Gasteiger partial charge in [-0.2, -0.15) is 0 Å². The molecule has 3 N–H and O–H groups in total. The Kier molecular flexibility index (Phi) is 5.19. The van der Waals surface area contributed by atoms with E-state index in [-0.39, 0.29) is 11.8 Å². The van der Waals surface area contributed by atoms with Crippen molar-refractivity contribution in [3.05, 3.63) is 53.2 Å². The minimum Gasteiger partial charge on any atom is -0.374 e. The number of anilines is 2. The maximum Gasteiger partial charge on any atom is 0.251 e. The summed E-state index contributed by atoms with van der Waals surface area (Å²) in [5.74, 6) is 0.161. The molecule has 130 valence electrons. The summed E-state index contributed by atoms with van der Waals surface area (Å²) in [7, 11) is 0. The second-order valence-electron chi connectivity index (χ2n) is 6.04. The van der Waals surface area contributed by atoms with Crippen molar-refractivity contribution in [2.24, 2.45) is 0 Å². The van der Waals surface area contributed by atoms with E-state index in [0.717, 1.165) is 18.5 Å². The Morgan fingerprint density at radius 3 is 2.48 bits per heavy atom. The average Bonchev–Trinajstić information content (AvgIpc) is 3.41. The summed E-state index contributed by atoms with van der Waals surface area (Å²) in [6.07, 6.45) is 3.58. The van der Waals surface area contributed by atoms with Gasteiger partial charge in [0.1, 0.15) is 11.9 Å². The van der Waals surface area contributed by atoms with Crippen LogP contribution in [-0.4, -0.2) is 28.9 Å². The Morgan fingerprint density at radius 1 is 1.16 bits per heavy atom. The molecule has 1 saturated carbocycles. The fourth-order valence-electron chi connectivity index (χ4n) is 2.21. The largest absolute Gasteiger partial charge is 0.374 e. The number of carbonyl (C=O) groups is 2. The van der Waals surface area contributed by atoms with E-state index >= 15 is 0 Å². The molecule has 1 fully saturated rings. The molecule has 1 heterocycles. The van der Waals surface area contributed by atoms with Crippen molar-refractivity contribution in [3.8, 4) is 0 Å². The lowest BCUT2D eigenvalue weighted by atomic mass is 10.2. The third-order valence-electron chi connectivity index (χ3n) is 3.81. The van der Waals surface area contributed by atoms with Crippen LogP contribution in [0.2, 0.25) is 5.02 Å². The van der Waals surface area contributed by atoms with Crippen LogP contribution in [0.4, 0.5) is 11.5 Å². The number of benzene rings is 1. The smallest absolute Gasteiger partial charge is 0.251 e. The van der Waals surface area contributed by atoms with E-state index in [1.54, 1.807) is 43.3 Å². The summed E-state index contributed by atoms with van der Waals surface area (Å²) in [5.41, 5.74) is 1.37. The van der Waals surface area contributed by atoms with Crippen LogP contribution in [0, 0.1) is 0 Å². The first-order valence-corrected chi connectivity index (χ1v) is 8.49. The minimum absolute atomic E-state index is 0.0614. The predicted octanol–water partition coefficient (Wildman–Crippen LogP) is 3.07. The van der Waals surface area contributed by atoms with Crippen LogP contribution in [0.3, 0.4) is 0 Å². The van der Waals surface area contributed by atoms with E-state index < -0.39 is 6.04 Å². The Hall–Kier alpha value is -2.60. The summed E-state index contributed by atoms with van der Waals surface area (Å²) >= 11 is 5.77. The molecule has 3 rings (SSSR count). The summed E-state index contributed by atoms with van der Waals surface area (Å²) in [6, 6.07) is 10.2. The first kappa shape index (κ1) is 17.2. The van der Waals surface area contributed by atoms with Gasteiger partial charge < -0.3 is 16.0 Å². The third kappa shape index (κ3) is 4.93. The van der Waals surface area contributed by atoms with Crippen molar-refractivity contribution in [3.63, 3.8) is 0 Å². The van der Waals surface area contributed by atoms with Crippen LogP contribution >= 0.6 is 11.6 Å². The van der Waals surface area contributed by atoms with Gasteiger partial charge in [0.25, 0.3) is 5.91 Å². The molecule has 7 heteroatoms. The Morgan fingerprint density at radius 2 is 1.88 bits per heavy atom. The van der Waals surface area contributed by atoms with Crippen molar-refractivity contribution in [1.29, 1.82) is 0 Å². The zero-order chi connectivity index (χ0) is 17.8. The van der Waals surface area contributed by atoms with Gasteiger partial charge in [0.15, 0.2) is 0 Å². The Labute approximate surface area is 151 Å². The monoisotopic (exact) mass is 358 g/mol. The van der Waals surface area contributed by atoms with Crippen LogP contribution in [-0.2, 0) is 4.79 Å². The van der Waals surface area contributed by atoms with Crippen LogP contribution in [0.1, 0.15) is 30.1 Å². The van der Waals surface area contributed by atoms with Crippen molar-refractivity contribution >= 4 is 34.9 Å². The van der Waals surface area contributed by atoms with Crippen LogP contribution < -0.4 is 16.0 Å². The molecule has 6 nitrogen and oxygen atoms in total. The highest BCUT2D eigenvalue weighted by Crippen LogP contribution is 2.20. The second-order valence-corrected chi connectivity index (χ2v) is 6.48. The first-order chi connectivity index (χ1) is 12.0. The summed E-state index contributed by atoms with van der Waals surface area (Å²) in [5, 5.41) is 9.26. The molecule has 2 aromatic rings. The molecular weight excluding hydrogens is 340 g/mol. The fourth-order valence-corrected chi connectivity index (χ4v) is 2.33. The van der Waals surface area contributed by atoms with Crippen molar-refractivity contribution in [2.45, 2.75) is 31.8 Å². The first-order valence-electron chi connectivity index (χ1n) is 8.11. The number of halogens is 1. The van der Waals surface area contributed by atoms with Crippen molar-refractivity contribution in [1.82, 2.24) is 10.3 Å². The van der Waals surface area contributed by atoms with Crippen LogP contribution in [0.5, 0.6) is 0 Å². The maximum atomic E-state index is 12.2. The zero-order valence-corrected chi connectivity index (χ0v) is 14.5. The zero-order valence-electron chi connectivity index (χ0n) is 13.8. The van der Waals surface area contributed by atoms with Gasteiger partial charge in [0, 0.05) is 23.5 Å². The summed E-state index contributed by atoms with van der Waals surface area (Å²) < 4.78 is 0. The van der Waals surface area contributed by atoms with E-state index in [0.29, 0.717) is 22.4 Å². The summed E-state index contributed by atoms with van der Waals surface area (Å²) in [6.45, 7) is 1.75. The van der Waals surface area contributed by atoms with Gasteiger partial charge in [0.2, 0.25) is 5.91 Å². The lowest BCUT2D eigenvalue weighted by Crippen LogP contribution is -2.32. The van der Waals surface area contributed by atoms with Gasteiger partial charge in [-0.15, -0.1) is 0 Å². The molecule has 2 amide bonds. The van der Waals surface area contributed by atoms with E-state index in [1.165, 1.54) is 6.20 Å². The van der Waals surface area contributed by atoms with E-state index in [2.05, 4.69) is 20.9 Å². The number of amides is 2. The number of pyridine rings is 1. The number of hydrogen-bond donors (Lipinski definition) is 3. The predicted molar refractivity (Wildman–Crippen MR) is 97.9 cm³/mol. The van der Waals surface area contributed by atoms with Crippen LogP contribution in [0.25, 0.3) is 0 Å². The van der Waals surface area contributed by atoms with Crippen molar-refractivity contribution in [2.75, 3.05) is 10.6 Å². The molecule has 0 spiro atoms. The Bertz CT molecular complexity index is 758. The minimum atomic E-state index is -0.469. The number of nitrogens with zero attached hydrogens (tertiary/aromatic N) is 1. The molecule has 0 saturated heterocycles. The highest BCUT2D eigenvalue weighted by Gasteiger charge is 2.23. The van der Waals surface area contributed by atoms with E-state index in [1.807, 2.05) is 0 Å². The van der Waals surface area contributed by atoms with Crippen molar-refractivity contribution < 1.29 is 9.59 Å². The molecule has 1 aromatic carbocycles. The molecular formula is C18H19ClN4O2. The normalized spacial score (nSPS) is 14.5. The summed E-state index contributed by atoms with van der Waals surface area (Å²) in [4.78, 5) is 28.2. The fraction of sp³-hybridized carbons (Fsp3) is 0.278.